The van der Waals surface area contributed by atoms with Gasteiger partial charge in [-0.25, -0.2) is 0 Å². The van der Waals surface area contributed by atoms with Gasteiger partial charge in [0.25, 0.3) is 0 Å². The summed E-state index contributed by atoms with van der Waals surface area (Å²) in [6.45, 7) is 6.71. The lowest BCUT2D eigenvalue weighted by Crippen LogP contribution is -2.27. The molecule has 2 heterocycles. The number of hydrogen-bond donors (Lipinski definition) is 1. The Kier molecular flexibility index (Phi) is 4.55. The molecule has 0 aliphatic heterocycles. The summed E-state index contributed by atoms with van der Waals surface area (Å²) >= 11 is 1.65. The van der Waals surface area contributed by atoms with E-state index in [4.69, 9.17) is 0 Å². The number of nitrogens with one attached hydrogen (secondary N) is 1. The topological polar surface area (TPSA) is 42.0 Å². The highest BCUT2D eigenvalue weighted by molar-refractivity contribution is 7.08. The van der Waals surface area contributed by atoms with Crippen molar-refractivity contribution in [2.45, 2.75) is 33.7 Å². The number of nitrogens with zero attached hydrogens (tertiary/aromatic N) is 1. The summed E-state index contributed by atoms with van der Waals surface area (Å²) in [6.07, 6.45) is 2.31. The van der Waals surface area contributed by atoms with Crippen LogP contribution in [-0.2, 0) is 11.3 Å². The highest BCUT2D eigenvalue weighted by Crippen LogP contribution is 2.23. The lowest BCUT2D eigenvalue weighted by Gasteiger charge is -2.17. The van der Waals surface area contributed by atoms with E-state index in [9.17, 15) is 4.79 Å². The maximum Gasteiger partial charge on any atom is 0.220 e. The minimum Gasteiger partial charge on any atom is -0.352 e. The van der Waals surface area contributed by atoms with E-state index in [0.29, 0.717) is 13.0 Å². The number of carbonyl (C=O) groups excluding carboxylic acids is 1. The number of aromatic nitrogens is 1. The number of carbonyl (C=O) groups is 1. The molecule has 3 nitrogen and oxygen atoms in total. The van der Waals surface area contributed by atoms with Crippen molar-refractivity contribution in [2.24, 2.45) is 5.41 Å². The van der Waals surface area contributed by atoms with Crippen LogP contribution in [0, 0.1) is 5.41 Å². The molecule has 20 heavy (non-hydrogen) atoms. The van der Waals surface area contributed by atoms with Gasteiger partial charge in [-0.15, -0.1) is 0 Å². The van der Waals surface area contributed by atoms with Gasteiger partial charge in [-0.2, -0.15) is 11.3 Å². The fraction of sp³-hybridized carbons (Fsp3) is 0.375. The molecule has 2 aromatic heterocycles. The van der Waals surface area contributed by atoms with Gasteiger partial charge in [0.05, 0.1) is 5.69 Å². The molecule has 0 radical (unpaired) electrons. The first-order valence-corrected chi connectivity index (χ1v) is 7.63. The normalized spacial score (nSPS) is 11.3. The Labute approximate surface area is 124 Å². The molecule has 106 valence electrons. The van der Waals surface area contributed by atoms with Crippen molar-refractivity contribution in [3.05, 3.63) is 40.7 Å². The van der Waals surface area contributed by atoms with Crippen molar-refractivity contribution in [2.75, 3.05) is 0 Å². The van der Waals surface area contributed by atoms with Gasteiger partial charge in [-0.1, -0.05) is 26.8 Å². The van der Waals surface area contributed by atoms with Crippen molar-refractivity contribution < 1.29 is 4.79 Å². The Morgan fingerprint density at radius 3 is 2.80 bits per heavy atom. The standard InChI is InChI=1S/C16H20N2OS/c1-16(2,3)9-14(19)18-10-12-5-4-7-17-15(12)13-6-8-20-11-13/h4-8,11H,9-10H2,1-3H3,(H,18,19). The summed E-state index contributed by atoms with van der Waals surface area (Å²) in [5, 5.41) is 7.09. The molecule has 4 heteroatoms. The monoisotopic (exact) mass is 288 g/mol. The molecule has 0 unspecified atom stereocenters. The van der Waals surface area contributed by atoms with E-state index in [1.165, 1.54) is 0 Å². The molecule has 1 amide bonds. The molecule has 0 spiro atoms. The largest absolute Gasteiger partial charge is 0.352 e. The third-order valence-electron chi connectivity index (χ3n) is 2.85. The molecule has 0 atom stereocenters. The molecule has 0 aromatic carbocycles. The summed E-state index contributed by atoms with van der Waals surface area (Å²) < 4.78 is 0. The van der Waals surface area contributed by atoms with Gasteiger partial charge in [-0.3, -0.25) is 9.78 Å². The Bertz CT molecular complexity index is 570. The van der Waals surface area contributed by atoms with Crippen LogP contribution in [0.4, 0.5) is 0 Å². The van der Waals surface area contributed by atoms with Crippen molar-refractivity contribution in [1.29, 1.82) is 0 Å². The van der Waals surface area contributed by atoms with Gasteiger partial charge in [-0.05, 0) is 28.5 Å². The van der Waals surface area contributed by atoms with Crippen molar-refractivity contribution >= 4 is 17.2 Å². The summed E-state index contributed by atoms with van der Waals surface area (Å²) in [5.41, 5.74) is 3.11. The van der Waals surface area contributed by atoms with Crippen LogP contribution < -0.4 is 5.32 Å². The molecule has 1 N–H and O–H groups in total. The van der Waals surface area contributed by atoms with Crippen molar-refractivity contribution in [3.8, 4) is 11.3 Å². The molecule has 0 saturated heterocycles. The van der Waals surface area contributed by atoms with Gasteiger partial charge >= 0.3 is 0 Å². The van der Waals surface area contributed by atoms with Crippen LogP contribution in [0.1, 0.15) is 32.8 Å². The molecule has 2 rings (SSSR count). The zero-order chi connectivity index (χ0) is 14.6. The van der Waals surface area contributed by atoms with Gasteiger partial charge in [0.15, 0.2) is 0 Å². The summed E-state index contributed by atoms with van der Waals surface area (Å²) in [6, 6.07) is 5.96. The smallest absolute Gasteiger partial charge is 0.220 e. The van der Waals surface area contributed by atoms with Gasteiger partial charge in [0.2, 0.25) is 5.91 Å². The summed E-state index contributed by atoms with van der Waals surface area (Å²) in [5.74, 6) is 0.0811. The lowest BCUT2D eigenvalue weighted by atomic mass is 9.92. The SMILES string of the molecule is CC(C)(C)CC(=O)NCc1cccnc1-c1ccsc1. The van der Waals surface area contributed by atoms with Gasteiger partial charge in [0, 0.05) is 30.1 Å². The fourth-order valence-corrected chi connectivity index (χ4v) is 2.62. The predicted molar refractivity (Wildman–Crippen MR) is 83.5 cm³/mol. The molecular formula is C16H20N2OS. The van der Waals surface area contributed by atoms with E-state index in [-0.39, 0.29) is 11.3 Å². The average molecular weight is 288 g/mol. The van der Waals surface area contributed by atoms with Crippen LogP contribution in [0.2, 0.25) is 0 Å². The van der Waals surface area contributed by atoms with E-state index in [0.717, 1.165) is 16.8 Å². The molecule has 0 bridgehead atoms. The molecule has 0 fully saturated rings. The second kappa shape index (κ2) is 6.18. The second-order valence-corrected chi connectivity index (χ2v) is 6.82. The second-order valence-electron chi connectivity index (χ2n) is 6.04. The molecule has 0 aliphatic rings. The van der Waals surface area contributed by atoms with Crippen LogP contribution >= 0.6 is 11.3 Å². The number of hydrogen-bond acceptors (Lipinski definition) is 3. The first-order chi connectivity index (χ1) is 9.46. The van der Waals surface area contributed by atoms with Crippen LogP contribution in [0.15, 0.2) is 35.2 Å². The Morgan fingerprint density at radius 1 is 1.35 bits per heavy atom. The maximum absolute atomic E-state index is 11.9. The average Bonchev–Trinajstić information content (AvgIpc) is 2.88. The Hall–Kier alpha value is -1.68. The third-order valence-corrected chi connectivity index (χ3v) is 3.54. The Morgan fingerprint density at radius 2 is 2.15 bits per heavy atom. The van der Waals surface area contributed by atoms with E-state index in [2.05, 4.69) is 36.5 Å². The maximum atomic E-state index is 11.9. The number of thiophene rings is 1. The fourth-order valence-electron chi connectivity index (χ4n) is 1.98. The van der Waals surface area contributed by atoms with Crippen molar-refractivity contribution in [3.63, 3.8) is 0 Å². The number of amides is 1. The summed E-state index contributed by atoms with van der Waals surface area (Å²) in [7, 11) is 0. The van der Waals surface area contributed by atoms with Crippen LogP contribution in [-0.4, -0.2) is 10.9 Å². The molecular weight excluding hydrogens is 268 g/mol. The molecule has 0 saturated carbocycles. The third kappa shape index (κ3) is 4.17. The van der Waals surface area contributed by atoms with Crippen molar-refractivity contribution in [1.82, 2.24) is 10.3 Å². The van der Waals surface area contributed by atoms with Crippen LogP contribution in [0.5, 0.6) is 0 Å². The number of rotatable bonds is 4. The highest BCUT2D eigenvalue weighted by Gasteiger charge is 2.16. The van der Waals surface area contributed by atoms with Gasteiger partial charge < -0.3 is 5.32 Å². The summed E-state index contributed by atoms with van der Waals surface area (Å²) in [4.78, 5) is 16.3. The quantitative estimate of drug-likeness (QED) is 0.928. The van der Waals surface area contributed by atoms with Gasteiger partial charge in [0.1, 0.15) is 0 Å². The van der Waals surface area contributed by atoms with E-state index in [1.807, 2.05) is 23.6 Å². The minimum absolute atomic E-state index is 0.00914. The van der Waals surface area contributed by atoms with E-state index < -0.39 is 0 Å². The zero-order valence-corrected chi connectivity index (χ0v) is 13.0. The Balaban J connectivity index is 2.06. The highest BCUT2D eigenvalue weighted by atomic mass is 32.1. The minimum atomic E-state index is 0.00914. The number of pyridine rings is 1. The van der Waals surface area contributed by atoms with Crippen LogP contribution in [0.3, 0.4) is 0 Å². The van der Waals surface area contributed by atoms with E-state index in [1.54, 1.807) is 17.5 Å². The molecule has 0 aliphatic carbocycles. The first kappa shape index (κ1) is 14.7. The zero-order valence-electron chi connectivity index (χ0n) is 12.1. The van der Waals surface area contributed by atoms with E-state index >= 15 is 0 Å². The predicted octanol–water partition coefficient (Wildman–Crippen LogP) is 3.86. The molecule has 2 aromatic rings. The lowest BCUT2D eigenvalue weighted by molar-refractivity contribution is -0.122. The first-order valence-electron chi connectivity index (χ1n) is 6.69. The van der Waals surface area contributed by atoms with Crippen LogP contribution in [0.25, 0.3) is 11.3 Å².